The predicted molar refractivity (Wildman–Crippen MR) is 162 cm³/mol. The number of carbonyl (C=O) groups is 1. The Bertz CT molecular complexity index is 1180. The Morgan fingerprint density at radius 3 is 2.05 bits per heavy atom. The maximum Gasteiger partial charge on any atom is 0.226 e. The minimum atomic E-state index is -0.156. The SMILES string of the molecule is CC(C)c1cccc(C(C)C)c1NC(=O)CCN(CCN1CCN(c2ccccc2F)CC1)c1ccccc1. The van der Waals surface area contributed by atoms with E-state index in [9.17, 15) is 9.18 Å². The molecule has 0 aliphatic carbocycles. The molecule has 5 nitrogen and oxygen atoms in total. The van der Waals surface area contributed by atoms with Crippen molar-refractivity contribution in [2.24, 2.45) is 0 Å². The van der Waals surface area contributed by atoms with E-state index in [0.717, 1.165) is 50.6 Å². The molecule has 1 saturated heterocycles. The number of amides is 1. The Kier molecular flexibility index (Phi) is 9.99. The van der Waals surface area contributed by atoms with E-state index < -0.39 is 0 Å². The monoisotopic (exact) mass is 530 g/mol. The van der Waals surface area contributed by atoms with Gasteiger partial charge in [0.1, 0.15) is 5.82 Å². The van der Waals surface area contributed by atoms with Crippen LogP contribution < -0.4 is 15.1 Å². The molecule has 208 valence electrons. The molecule has 4 rings (SSSR count). The number of hydrogen-bond donors (Lipinski definition) is 1. The molecule has 1 fully saturated rings. The number of para-hydroxylation sites is 3. The van der Waals surface area contributed by atoms with Gasteiger partial charge in [-0.1, -0.05) is 76.2 Å². The van der Waals surface area contributed by atoms with Crippen molar-refractivity contribution < 1.29 is 9.18 Å². The third-order valence-electron chi connectivity index (χ3n) is 7.62. The van der Waals surface area contributed by atoms with E-state index in [0.29, 0.717) is 30.5 Å². The highest BCUT2D eigenvalue weighted by Crippen LogP contribution is 2.32. The van der Waals surface area contributed by atoms with Crippen molar-refractivity contribution in [1.29, 1.82) is 0 Å². The lowest BCUT2D eigenvalue weighted by atomic mass is 9.92. The zero-order chi connectivity index (χ0) is 27.8. The summed E-state index contributed by atoms with van der Waals surface area (Å²) < 4.78 is 14.2. The molecular weight excluding hydrogens is 487 g/mol. The summed E-state index contributed by atoms with van der Waals surface area (Å²) in [5, 5.41) is 3.27. The summed E-state index contributed by atoms with van der Waals surface area (Å²) in [6.45, 7) is 14.4. The first-order chi connectivity index (χ1) is 18.8. The third-order valence-corrected chi connectivity index (χ3v) is 7.62. The molecule has 39 heavy (non-hydrogen) atoms. The van der Waals surface area contributed by atoms with Crippen molar-refractivity contribution >= 4 is 23.0 Å². The molecule has 1 aliphatic heterocycles. The van der Waals surface area contributed by atoms with Gasteiger partial charge < -0.3 is 15.1 Å². The number of piperazine rings is 1. The first kappa shape index (κ1) is 28.6. The van der Waals surface area contributed by atoms with Crippen molar-refractivity contribution in [3.8, 4) is 0 Å². The van der Waals surface area contributed by atoms with Crippen LogP contribution in [0, 0.1) is 5.82 Å². The highest BCUT2D eigenvalue weighted by molar-refractivity contribution is 5.93. The number of carbonyl (C=O) groups excluding carboxylic acids is 1. The number of halogens is 1. The molecule has 1 amide bonds. The van der Waals surface area contributed by atoms with Gasteiger partial charge in [0.2, 0.25) is 5.91 Å². The van der Waals surface area contributed by atoms with Crippen molar-refractivity contribution in [1.82, 2.24) is 4.90 Å². The number of nitrogens with one attached hydrogen (secondary N) is 1. The van der Waals surface area contributed by atoms with Gasteiger partial charge in [-0.2, -0.15) is 0 Å². The fourth-order valence-corrected chi connectivity index (χ4v) is 5.33. The van der Waals surface area contributed by atoms with Crippen LogP contribution >= 0.6 is 0 Å². The largest absolute Gasteiger partial charge is 0.370 e. The molecule has 6 heteroatoms. The van der Waals surface area contributed by atoms with E-state index in [2.05, 4.69) is 78.0 Å². The highest BCUT2D eigenvalue weighted by Gasteiger charge is 2.21. The van der Waals surface area contributed by atoms with Gasteiger partial charge in [0, 0.05) is 63.6 Å². The van der Waals surface area contributed by atoms with Crippen LogP contribution in [0.2, 0.25) is 0 Å². The van der Waals surface area contributed by atoms with Gasteiger partial charge in [0.25, 0.3) is 0 Å². The Balaban J connectivity index is 1.36. The summed E-state index contributed by atoms with van der Waals surface area (Å²) >= 11 is 0. The van der Waals surface area contributed by atoms with Crippen molar-refractivity contribution in [2.45, 2.75) is 46.0 Å². The molecule has 3 aromatic rings. The Hall–Kier alpha value is -3.38. The lowest BCUT2D eigenvalue weighted by Crippen LogP contribution is -2.49. The standard InChI is InChI=1S/C33H43FN4O/c1-25(2)28-13-10-14-29(26(3)4)33(28)35-32(39)17-18-37(27-11-6-5-7-12-27)22-19-36-20-23-38(24-21-36)31-16-9-8-15-30(31)34/h5-16,25-26H,17-24H2,1-4H3,(H,35,39). The second-order valence-corrected chi connectivity index (χ2v) is 11.0. The summed E-state index contributed by atoms with van der Waals surface area (Å²) in [4.78, 5) is 20.1. The zero-order valence-corrected chi connectivity index (χ0v) is 23.9. The number of anilines is 3. The van der Waals surface area contributed by atoms with E-state index in [1.807, 2.05) is 30.3 Å². The van der Waals surface area contributed by atoms with Gasteiger partial charge >= 0.3 is 0 Å². The molecule has 3 aromatic carbocycles. The summed E-state index contributed by atoms with van der Waals surface area (Å²) in [7, 11) is 0. The lowest BCUT2D eigenvalue weighted by molar-refractivity contribution is -0.116. The van der Waals surface area contributed by atoms with E-state index in [4.69, 9.17) is 0 Å². The minimum absolute atomic E-state index is 0.0458. The first-order valence-corrected chi connectivity index (χ1v) is 14.3. The van der Waals surface area contributed by atoms with Crippen LogP contribution in [0.15, 0.2) is 72.8 Å². The molecule has 0 unspecified atom stereocenters. The summed E-state index contributed by atoms with van der Waals surface area (Å²) in [5.74, 6) is 0.554. The van der Waals surface area contributed by atoms with Crippen molar-refractivity contribution in [3.05, 3.63) is 89.7 Å². The first-order valence-electron chi connectivity index (χ1n) is 14.3. The average Bonchev–Trinajstić information content (AvgIpc) is 2.94. The minimum Gasteiger partial charge on any atom is -0.370 e. The van der Waals surface area contributed by atoms with Gasteiger partial charge in [-0.3, -0.25) is 9.69 Å². The van der Waals surface area contributed by atoms with E-state index in [-0.39, 0.29) is 11.7 Å². The molecule has 1 heterocycles. The third kappa shape index (κ3) is 7.60. The quantitative estimate of drug-likeness (QED) is 0.298. The highest BCUT2D eigenvalue weighted by atomic mass is 19.1. The topological polar surface area (TPSA) is 38.8 Å². The lowest BCUT2D eigenvalue weighted by Gasteiger charge is -2.37. The normalized spacial score (nSPS) is 14.2. The van der Waals surface area contributed by atoms with Crippen molar-refractivity contribution in [3.63, 3.8) is 0 Å². The molecule has 1 aliphatic rings. The Morgan fingerprint density at radius 1 is 0.821 bits per heavy atom. The van der Waals surface area contributed by atoms with E-state index in [1.54, 1.807) is 6.07 Å². The molecule has 0 saturated carbocycles. The fourth-order valence-electron chi connectivity index (χ4n) is 5.33. The van der Waals surface area contributed by atoms with Gasteiger partial charge in [0.15, 0.2) is 0 Å². The molecule has 0 bridgehead atoms. The second kappa shape index (κ2) is 13.6. The van der Waals surface area contributed by atoms with Crippen LogP contribution in [0.3, 0.4) is 0 Å². The average molecular weight is 531 g/mol. The van der Waals surface area contributed by atoms with Crippen LogP contribution in [0.25, 0.3) is 0 Å². The van der Waals surface area contributed by atoms with E-state index >= 15 is 0 Å². The fraction of sp³-hybridized carbons (Fsp3) is 0.424. The number of hydrogen-bond acceptors (Lipinski definition) is 4. The molecular formula is C33H43FN4O. The van der Waals surface area contributed by atoms with Crippen LogP contribution in [0.4, 0.5) is 21.5 Å². The molecule has 0 aromatic heterocycles. The van der Waals surface area contributed by atoms with Crippen LogP contribution in [-0.4, -0.2) is 56.6 Å². The molecule has 1 N–H and O–H groups in total. The summed E-state index contributed by atoms with van der Waals surface area (Å²) in [6.07, 6.45) is 0.417. The van der Waals surface area contributed by atoms with Crippen LogP contribution in [-0.2, 0) is 4.79 Å². The predicted octanol–water partition coefficient (Wildman–Crippen LogP) is 6.73. The van der Waals surface area contributed by atoms with Gasteiger partial charge in [-0.05, 0) is 47.2 Å². The summed E-state index contributed by atoms with van der Waals surface area (Å²) in [6, 6.07) is 23.7. The molecule has 0 radical (unpaired) electrons. The van der Waals surface area contributed by atoms with E-state index in [1.165, 1.54) is 17.2 Å². The number of rotatable bonds is 11. The van der Waals surface area contributed by atoms with Gasteiger partial charge in [0.05, 0.1) is 5.69 Å². The second-order valence-electron chi connectivity index (χ2n) is 11.0. The Morgan fingerprint density at radius 2 is 1.44 bits per heavy atom. The summed E-state index contributed by atoms with van der Waals surface area (Å²) in [5.41, 5.74) is 5.16. The zero-order valence-electron chi connectivity index (χ0n) is 23.9. The maximum absolute atomic E-state index is 14.2. The molecule has 0 atom stereocenters. The van der Waals surface area contributed by atoms with Crippen LogP contribution in [0.1, 0.15) is 57.1 Å². The van der Waals surface area contributed by atoms with Gasteiger partial charge in [-0.25, -0.2) is 4.39 Å². The van der Waals surface area contributed by atoms with Crippen LogP contribution in [0.5, 0.6) is 0 Å². The maximum atomic E-state index is 14.2. The van der Waals surface area contributed by atoms with Gasteiger partial charge in [-0.15, -0.1) is 0 Å². The smallest absolute Gasteiger partial charge is 0.226 e. The number of nitrogens with zero attached hydrogens (tertiary/aromatic N) is 3. The number of benzene rings is 3. The Labute approximate surface area is 233 Å². The van der Waals surface area contributed by atoms with Crippen molar-refractivity contribution in [2.75, 3.05) is 60.9 Å². The molecule has 0 spiro atoms.